The normalized spacial score (nSPS) is 17.0. The first-order chi connectivity index (χ1) is 12.2. The van der Waals surface area contributed by atoms with Gasteiger partial charge in [0.1, 0.15) is 5.75 Å². The van der Waals surface area contributed by atoms with E-state index in [9.17, 15) is 4.79 Å². The van der Waals surface area contributed by atoms with E-state index in [2.05, 4.69) is 29.2 Å². The molecule has 1 fully saturated rings. The summed E-state index contributed by atoms with van der Waals surface area (Å²) in [7, 11) is 2.05. The molecule has 1 heterocycles. The SMILES string of the molecule is CN1CCC(=O)/C(=C/c2ccc(OCCCc3ccccc3)cc2)C1. The molecule has 0 spiro atoms. The Morgan fingerprint density at radius 3 is 2.60 bits per heavy atom. The molecular formula is C22H25NO2. The Kier molecular flexibility index (Phi) is 6.02. The lowest BCUT2D eigenvalue weighted by molar-refractivity contribution is -0.117. The van der Waals surface area contributed by atoms with Gasteiger partial charge in [-0.15, -0.1) is 0 Å². The zero-order chi connectivity index (χ0) is 17.5. The number of carbonyl (C=O) groups is 1. The summed E-state index contributed by atoms with van der Waals surface area (Å²) in [5, 5.41) is 0. The number of ketones is 1. The lowest BCUT2D eigenvalue weighted by Crippen LogP contribution is -2.32. The van der Waals surface area contributed by atoms with Gasteiger partial charge in [0.15, 0.2) is 5.78 Å². The van der Waals surface area contributed by atoms with Crippen LogP contribution in [0.15, 0.2) is 60.2 Å². The third kappa shape index (κ3) is 5.30. The highest BCUT2D eigenvalue weighted by molar-refractivity contribution is 6.00. The highest BCUT2D eigenvalue weighted by Crippen LogP contribution is 2.18. The molecule has 0 saturated carbocycles. The van der Waals surface area contributed by atoms with Crippen LogP contribution in [-0.4, -0.2) is 37.4 Å². The van der Waals surface area contributed by atoms with Crippen molar-refractivity contribution >= 4 is 11.9 Å². The Hall–Kier alpha value is -2.39. The summed E-state index contributed by atoms with van der Waals surface area (Å²) in [4.78, 5) is 14.2. The predicted octanol–water partition coefficient (Wildman–Crippen LogP) is 3.99. The molecule has 0 atom stereocenters. The first kappa shape index (κ1) is 17.4. The Bertz CT molecular complexity index is 719. The van der Waals surface area contributed by atoms with Gasteiger partial charge in [-0.3, -0.25) is 4.79 Å². The largest absolute Gasteiger partial charge is 0.494 e. The second kappa shape index (κ2) is 8.63. The molecule has 2 aromatic rings. The highest BCUT2D eigenvalue weighted by Gasteiger charge is 2.18. The van der Waals surface area contributed by atoms with E-state index < -0.39 is 0 Å². The molecule has 25 heavy (non-hydrogen) atoms. The van der Waals surface area contributed by atoms with Gasteiger partial charge in [0.05, 0.1) is 6.61 Å². The fraction of sp³-hybridized carbons (Fsp3) is 0.318. The van der Waals surface area contributed by atoms with Crippen LogP contribution in [0.25, 0.3) is 6.08 Å². The number of hydrogen-bond acceptors (Lipinski definition) is 3. The lowest BCUT2D eigenvalue weighted by atomic mass is 10.0. The minimum Gasteiger partial charge on any atom is -0.494 e. The van der Waals surface area contributed by atoms with Gasteiger partial charge < -0.3 is 9.64 Å². The molecule has 130 valence electrons. The molecule has 0 radical (unpaired) electrons. The number of rotatable bonds is 6. The second-order valence-corrected chi connectivity index (χ2v) is 6.59. The van der Waals surface area contributed by atoms with Crippen molar-refractivity contribution in [3.8, 4) is 5.75 Å². The standard InChI is InChI=1S/C22H25NO2/c1-23-14-13-22(24)20(17-23)16-19-9-11-21(12-10-19)25-15-5-8-18-6-3-2-4-7-18/h2-4,6-7,9-12,16H,5,8,13-15,17H2,1H3/b20-16+. The van der Waals surface area contributed by atoms with Gasteiger partial charge in [0.25, 0.3) is 0 Å². The molecule has 0 aliphatic carbocycles. The zero-order valence-electron chi connectivity index (χ0n) is 14.8. The number of likely N-dealkylation sites (tertiary alicyclic amines) is 1. The van der Waals surface area contributed by atoms with E-state index >= 15 is 0 Å². The number of Topliss-reactive ketones (excluding diaryl/α,β-unsaturated/α-hetero) is 1. The molecule has 3 nitrogen and oxygen atoms in total. The number of nitrogens with zero attached hydrogens (tertiary/aromatic N) is 1. The van der Waals surface area contributed by atoms with Crippen LogP contribution in [-0.2, 0) is 11.2 Å². The Morgan fingerprint density at radius 1 is 1.08 bits per heavy atom. The van der Waals surface area contributed by atoms with Gasteiger partial charge in [0, 0.05) is 25.1 Å². The van der Waals surface area contributed by atoms with Gasteiger partial charge in [-0.2, -0.15) is 0 Å². The van der Waals surface area contributed by atoms with Crippen LogP contribution in [0.5, 0.6) is 5.75 Å². The number of ether oxygens (including phenoxy) is 1. The number of aryl methyl sites for hydroxylation is 1. The number of hydrogen-bond donors (Lipinski definition) is 0. The fourth-order valence-corrected chi connectivity index (χ4v) is 3.01. The molecule has 0 amide bonds. The Morgan fingerprint density at radius 2 is 1.84 bits per heavy atom. The molecule has 1 saturated heterocycles. The van der Waals surface area contributed by atoms with E-state index in [0.717, 1.165) is 42.8 Å². The van der Waals surface area contributed by atoms with Gasteiger partial charge in [-0.1, -0.05) is 42.5 Å². The van der Waals surface area contributed by atoms with Crippen LogP contribution in [0.2, 0.25) is 0 Å². The van der Waals surface area contributed by atoms with Crippen molar-refractivity contribution in [2.45, 2.75) is 19.3 Å². The maximum Gasteiger partial charge on any atom is 0.161 e. The van der Waals surface area contributed by atoms with Crippen molar-refractivity contribution in [1.82, 2.24) is 4.90 Å². The fourth-order valence-electron chi connectivity index (χ4n) is 3.01. The van der Waals surface area contributed by atoms with E-state index in [1.807, 2.05) is 43.5 Å². The van der Waals surface area contributed by atoms with Gasteiger partial charge in [-0.05, 0) is 49.2 Å². The average Bonchev–Trinajstić information content (AvgIpc) is 2.64. The molecular weight excluding hydrogens is 310 g/mol. The Balaban J connectivity index is 1.49. The smallest absolute Gasteiger partial charge is 0.161 e. The van der Waals surface area contributed by atoms with E-state index in [-0.39, 0.29) is 5.78 Å². The van der Waals surface area contributed by atoms with Gasteiger partial charge in [0.2, 0.25) is 0 Å². The lowest BCUT2D eigenvalue weighted by Gasteiger charge is -2.23. The van der Waals surface area contributed by atoms with Crippen molar-refractivity contribution in [2.75, 3.05) is 26.7 Å². The van der Waals surface area contributed by atoms with E-state index in [1.54, 1.807) is 0 Å². The zero-order valence-corrected chi connectivity index (χ0v) is 14.8. The number of carbonyl (C=O) groups excluding carboxylic acids is 1. The summed E-state index contributed by atoms with van der Waals surface area (Å²) >= 11 is 0. The summed E-state index contributed by atoms with van der Waals surface area (Å²) in [6.07, 6.45) is 4.64. The van der Waals surface area contributed by atoms with Gasteiger partial charge >= 0.3 is 0 Å². The molecule has 2 aromatic carbocycles. The first-order valence-corrected chi connectivity index (χ1v) is 8.90. The van der Waals surface area contributed by atoms with Crippen LogP contribution in [0.1, 0.15) is 24.0 Å². The summed E-state index contributed by atoms with van der Waals surface area (Å²) < 4.78 is 5.82. The maximum absolute atomic E-state index is 12.0. The van der Waals surface area contributed by atoms with Crippen molar-refractivity contribution in [2.24, 2.45) is 0 Å². The topological polar surface area (TPSA) is 29.5 Å². The molecule has 3 heteroatoms. The molecule has 0 aromatic heterocycles. The summed E-state index contributed by atoms with van der Waals surface area (Å²) in [5.74, 6) is 1.14. The maximum atomic E-state index is 12.0. The van der Waals surface area contributed by atoms with Crippen LogP contribution in [0.3, 0.4) is 0 Å². The number of piperidine rings is 1. The van der Waals surface area contributed by atoms with Gasteiger partial charge in [-0.25, -0.2) is 0 Å². The minimum absolute atomic E-state index is 0.263. The van der Waals surface area contributed by atoms with E-state index in [0.29, 0.717) is 13.0 Å². The second-order valence-electron chi connectivity index (χ2n) is 6.59. The molecule has 3 rings (SSSR count). The first-order valence-electron chi connectivity index (χ1n) is 8.90. The van der Waals surface area contributed by atoms with Crippen LogP contribution in [0, 0.1) is 0 Å². The predicted molar refractivity (Wildman–Crippen MR) is 102 cm³/mol. The van der Waals surface area contributed by atoms with Crippen molar-refractivity contribution in [3.05, 3.63) is 71.3 Å². The average molecular weight is 335 g/mol. The van der Waals surface area contributed by atoms with Crippen molar-refractivity contribution in [3.63, 3.8) is 0 Å². The van der Waals surface area contributed by atoms with E-state index in [4.69, 9.17) is 4.74 Å². The monoisotopic (exact) mass is 335 g/mol. The highest BCUT2D eigenvalue weighted by atomic mass is 16.5. The molecule has 0 bridgehead atoms. The Labute approximate surface area is 149 Å². The molecule has 0 N–H and O–H groups in total. The quantitative estimate of drug-likeness (QED) is 0.590. The van der Waals surface area contributed by atoms with Crippen LogP contribution < -0.4 is 4.74 Å². The number of benzene rings is 2. The van der Waals surface area contributed by atoms with E-state index in [1.165, 1.54) is 5.56 Å². The summed E-state index contributed by atoms with van der Waals surface area (Å²) in [5.41, 5.74) is 3.29. The molecule has 1 aliphatic heterocycles. The summed E-state index contributed by atoms with van der Waals surface area (Å²) in [6, 6.07) is 18.4. The summed E-state index contributed by atoms with van der Waals surface area (Å²) in [6.45, 7) is 2.29. The minimum atomic E-state index is 0.263. The van der Waals surface area contributed by atoms with Crippen LogP contribution >= 0.6 is 0 Å². The number of likely N-dealkylation sites (N-methyl/N-ethyl adjacent to an activating group) is 1. The molecule has 0 unspecified atom stereocenters. The van der Waals surface area contributed by atoms with Crippen molar-refractivity contribution in [1.29, 1.82) is 0 Å². The third-order valence-corrected chi connectivity index (χ3v) is 4.46. The van der Waals surface area contributed by atoms with Crippen LogP contribution in [0.4, 0.5) is 0 Å². The van der Waals surface area contributed by atoms with Crippen molar-refractivity contribution < 1.29 is 9.53 Å². The third-order valence-electron chi connectivity index (χ3n) is 4.46. The molecule has 1 aliphatic rings.